The molecule has 332 valence electrons. The number of hydrogen-bond acceptors (Lipinski definition) is 14. The van der Waals surface area contributed by atoms with Crippen molar-refractivity contribution >= 4 is 42.4 Å². The van der Waals surface area contributed by atoms with Crippen molar-refractivity contribution in [2.24, 2.45) is 5.92 Å². The molecule has 20 nitrogen and oxygen atoms in total. The number of aldehydes is 1. The Labute approximate surface area is 337 Å². The van der Waals surface area contributed by atoms with Crippen molar-refractivity contribution < 1.29 is 59.1 Å². The molecule has 3 amide bonds. The molecule has 0 aromatic heterocycles. The van der Waals surface area contributed by atoms with Crippen molar-refractivity contribution in [1.29, 1.82) is 0 Å². The Morgan fingerprint density at radius 1 is 0.649 bits per heavy atom. The molecule has 1 aliphatic rings. The van der Waals surface area contributed by atoms with Gasteiger partial charge in [-0.15, -0.1) is 0 Å². The van der Waals surface area contributed by atoms with Gasteiger partial charge in [-0.2, -0.15) is 0 Å². The summed E-state index contributed by atoms with van der Waals surface area (Å²) >= 11 is 0. The smallest absolute Gasteiger partial charge is 0.317 e. The van der Waals surface area contributed by atoms with E-state index in [0.717, 1.165) is 32.5 Å². The highest BCUT2D eigenvalue weighted by Gasteiger charge is 2.20. The predicted molar refractivity (Wildman–Crippen MR) is 214 cm³/mol. The van der Waals surface area contributed by atoms with Crippen LogP contribution in [0.25, 0.3) is 0 Å². The zero-order chi connectivity index (χ0) is 43.4. The molecule has 0 spiro atoms. The molecule has 1 fully saturated rings. The van der Waals surface area contributed by atoms with Crippen LogP contribution in [0.3, 0.4) is 0 Å². The molecule has 0 aromatic carbocycles. The summed E-state index contributed by atoms with van der Waals surface area (Å²) in [5, 5.41) is 56.1. The number of likely N-dealkylation sites (N-methyl/N-ethyl adjacent to an activating group) is 2. The number of rotatable bonds is 24. The SMILES string of the molecule is CC(C)CCCNC(=O)CC(O)CC(O)CCNC(=O)CCC=O.CCN1CCN(CC(=O)O)CCN(CC(=O)O)CCN(CC(=O)NCCNC)CC1.O=CO. The van der Waals surface area contributed by atoms with Gasteiger partial charge in [-0.05, 0) is 45.2 Å². The second-order valence-electron chi connectivity index (χ2n) is 14.1. The first kappa shape index (κ1) is 55.3. The summed E-state index contributed by atoms with van der Waals surface area (Å²) in [6.07, 6.45) is 1.59. The lowest BCUT2D eigenvalue weighted by atomic mass is 10.1. The number of aliphatic carboxylic acids is 2. The minimum Gasteiger partial charge on any atom is -0.483 e. The molecular weight excluding hydrogens is 748 g/mol. The fourth-order valence-electron chi connectivity index (χ4n) is 5.53. The molecule has 1 rings (SSSR count). The third kappa shape index (κ3) is 36.3. The maximum Gasteiger partial charge on any atom is 0.317 e. The summed E-state index contributed by atoms with van der Waals surface area (Å²) in [4.78, 5) is 84.1. The first-order chi connectivity index (χ1) is 27.1. The van der Waals surface area contributed by atoms with Crippen LogP contribution in [-0.2, 0) is 33.6 Å². The topological polar surface area (TPSA) is 282 Å². The van der Waals surface area contributed by atoms with Crippen LogP contribution in [0.4, 0.5) is 0 Å². The molecule has 0 saturated carbocycles. The number of aliphatic hydroxyl groups is 2. The zero-order valence-corrected chi connectivity index (χ0v) is 34.5. The van der Waals surface area contributed by atoms with E-state index in [1.807, 2.05) is 16.8 Å². The summed E-state index contributed by atoms with van der Waals surface area (Å²) in [6.45, 7) is 14.0. The molecule has 2 atom stereocenters. The number of hydrogen-bond donors (Lipinski definition) is 9. The molecule has 1 aliphatic heterocycles. The van der Waals surface area contributed by atoms with E-state index in [-0.39, 0.29) is 76.1 Å². The van der Waals surface area contributed by atoms with Crippen molar-refractivity contribution in [3.63, 3.8) is 0 Å². The van der Waals surface area contributed by atoms with Crippen molar-refractivity contribution in [3.05, 3.63) is 0 Å². The fraction of sp³-hybridized carbons (Fsp3) is 0.811. The largest absolute Gasteiger partial charge is 0.483 e. The second-order valence-corrected chi connectivity index (χ2v) is 14.1. The van der Waals surface area contributed by atoms with Gasteiger partial charge in [-0.1, -0.05) is 20.8 Å². The molecule has 57 heavy (non-hydrogen) atoms. The molecule has 0 aromatic rings. The Balaban J connectivity index is 0. The Morgan fingerprint density at radius 2 is 1.12 bits per heavy atom. The normalized spacial score (nSPS) is 15.8. The summed E-state index contributed by atoms with van der Waals surface area (Å²) in [5.41, 5.74) is 0. The number of nitrogens with zero attached hydrogens (tertiary/aromatic N) is 4. The van der Waals surface area contributed by atoms with E-state index >= 15 is 0 Å². The maximum absolute atomic E-state index is 12.3. The molecule has 1 heterocycles. The summed E-state index contributed by atoms with van der Waals surface area (Å²) in [5.74, 6) is -1.71. The second kappa shape index (κ2) is 36.5. The van der Waals surface area contributed by atoms with Gasteiger partial charge in [0.2, 0.25) is 17.7 Å². The van der Waals surface area contributed by atoms with Gasteiger partial charge in [0.05, 0.1) is 38.3 Å². The van der Waals surface area contributed by atoms with E-state index in [1.54, 1.807) is 0 Å². The Hall–Kier alpha value is -3.79. The van der Waals surface area contributed by atoms with Crippen molar-refractivity contribution in [2.45, 2.75) is 77.9 Å². The molecule has 1 saturated heterocycles. The number of carboxylic acids is 2. The maximum atomic E-state index is 12.3. The van der Waals surface area contributed by atoms with E-state index in [4.69, 9.17) is 9.90 Å². The van der Waals surface area contributed by atoms with Crippen LogP contribution in [-0.4, -0.2) is 212 Å². The van der Waals surface area contributed by atoms with Crippen molar-refractivity contribution in [3.8, 4) is 0 Å². The molecule has 9 N–H and O–H groups in total. The molecule has 0 bridgehead atoms. The van der Waals surface area contributed by atoms with Gasteiger partial charge in [0, 0.05) is 91.4 Å². The van der Waals surface area contributed by atoms with Crippen LogP contribution in [0.15, 0.2) is 0 Å². The number of amides is 3. The van der Waals surface area contributed by atoms with E-state index in [1.165, 1.54) is 0 Å². The molecule has 2 unspecified atom stereocenters. The van der Waals surface area contributed by atoms with E-state index in [0.29, 0.717) is 77.5 Å². The fourth-order valence-corrected chi connectivity index (χ4v) is 5.53. The summed E-state index contributed by atoms with van der Waals surface area (Å²) < 4.78 is 0. The van der Waals surface area contributed by atoms with Crippen molar-refractivity contribution in [2.75, 3.05) is 112 Å². The van der Waals surface area contributed by atoms with E-state index < -0.39 is 24.1 Å². The molecule has 0 radical (unpaired) electrons. The number of nitrogens with one attached hydrogen (secondary N) is 4. The average molecular weight is 821 g/mol. The van der Waals surface area contributed by atoms with Gasteiger partial charge in [-0.3, -0.25) is 43.5 Å². The number of carbonyl (C=O) groups is 7. The van der Waals surface area contributed by atoms with Crippen LogP contribution < -0.4 is 21.3 Å². The quantitative estimate of drug-likeness (QED) is 0.0375. The van der Waals surface area contributed by atoms with Gasteiger partial charge in [-0.25, -0.2) is 0 Å². The lowest BCUT2D eigenvalue weighted by Crippen LogP contribution is -2.49. The Bertz CT molecular complexity index is 1120. The number of carbonyl (C=O) groups excluding carboxylic acids is 4. The molecular formula is C37H72N8O12. The lowest BCUT2D eigenvalue weighted by Gasteiger charge is -2.33. The summed E-state index contributed by atoms with van der Waals surface area (Å²) in [7, 11) is 1.83. The van der Waals surface area contributed by atoms with Crippen LogP contribution >= 0.6 is 0 Å². The van der Waals surface area contributed by atoms with Gasteiger partial charge >= 0.3 is 11.9 Å². The first-order valence-corrected chi connectivity index (χ1v) is 19.8. The standard InChI is InChI=1S/C19H38N6O5.C17H32N2O5.CH2O2/c1-3-22-6-8-23(14-17(26)21-5-4-20-2)10-11-25(16-19(29)30)13-12-24(9-7-22)15-18(27)28;1-13(2)5-3-8-18-17(24)12-15(22)11-14(21)7-9-19-16(23)6-4-10-20;2-1-3/h20H,3-16H2,1-2H3,(H,21,26)(H,27,28)(H,29,30);10,13-15,21-22H,3-9,11-12H2,1-2H3,(H,18,24)(H,19,23);1H,(H,2,3). The van der Waals surface area contributed by atoms with Crippen molar-refractivity contribution in [1.82, 2.24) is 40.9 Å². The first-order valence-electron chi connectivity index (χ1n) is 19.8. The Morgan fingerprint density at radius 3 is 1.58 bits per heavy atom. The lowest BCUT2D eigenvalue weighted by molar-refractivity contribution is -0.140. The minimum absolute atomic E-state index is 0.0373. The van der Waals surface area contributed by atoms with Crippen LogP contribution in [0.5, 0.6) is 0 Å². The highest BCUT2D eigenvalue weighted by molar-refractivity contribution is 5.78. The zero-order valence-electron chi connectivity index (χ0n) is 34.5. The monoisotopic (exact) mass is 821 g/mol. The summed E-state index contributed by atoms with van der Waals surface area (Å²) in [6, 6.07) is 0. The van der Waals surface area contributed by atoms with Gasteiger partial charge < -0.3 is 56.5 Å². The van der Waals surface area contributed by atoms with E-state index in [9.17, 15) is 49.2 Å². The van der Waals surface area contributed by atoms with Crippen LogP contribution in [0.1, 0.15) is 65.7 Å². The minimum atomic E-state index is -0.916. The third-order valence-electron chi connectivity index (χ3n) is 8.69. The van der Waals surface area contributed by atoms with Gasteiger partial charge in [0.25, 0.3) is 6.47 Å². The van der Waals surface area contributed by atoms with Gasteiger partial charge in [0.1, 0.15) is 6.29 Å². The highest BCUT2D eigenvalue weighted by Crippen LogP contribution is 2.07. The molecule has 20 heteroatoms. The average Bonchev–Trinajstić information content (AvgIpc) is 3.12. The molecule has 0 aliphatic carbocycles. The van der Waals surface area contributed by atoms with Crippen LogP contribution in [0.2, 0.25) is 0 Å². The Kier molecular flexibility index (Phi) is 35.5. The van der Waals surface area contributed by atoms with Gasteiger partial charge in [0.15, 0.2) is 0 Å². The highest BCUT2D eigenvalue weighted by atomic mass is 16.4. The number of aliphatic hydroxyl groups excluding tert-OH is 2. The predicted octanol–water partition coefficient (Wildman–Crippen LogP) is -2.04. The van der Waals surface area contributed by atoms with E-state index in [2.05, 4.69) is 51.8 Å². The van der Waals surface area contributed by atoms with Crippen LogP contribution in [0, 0.1) is 5.92 Å². The third-order valence-corrected chi connectivity index (χ3v) is 8.69. The number of carboxylic acid groups (broad SMARTS) is 3.